The van der Waals surface area contributed by atoms with Crippen molar-refractivity contribution in [1.82, 2.24) is 25.3 Å². The highest BCUT2D eigenvalue weighted by molar-refractivity contribution is 5.74. The highest BCUT2D eigenvalue weighted by atomic mass is 16.2. The molecule has 0 radical (unpaired) electrons. The van der Waals surface area contributed by atoms with E-state index in [1.165, 1.54) is 12.8 Å². The first kappa shape index (κ1) is 19.8. The van der Waals surface area contributed by atoms with E-state index < -0.39 is 0 Å². The first-order valence-corrected chi connectivity index (χ1v) is 9.41. The number of nitrogens with zero attached hydrogens (tertiary/aromatic N) is 3. The Labute approximate surface area is 152 Å². The van der Waals surface area contributed by atoms with Crippen molar-refractivity contribution in [1.29, 1.82) is 0 Å². The number of aromatic nitrogens is 2. The SMILES string of the molecule is Cc1nn(C)c(C)c1[C@H](C)NC(=O)NCC(C)(C)N1CCC[C@@H](C)C1. The summed E-state index contributed by atoms with van der Waals surface area (Å²) in [5.41, 5.74) is 3.13. The molecule has 1 saturated heterocycles. The minimum atomic E-state index is -0.117. The van der Waals surface area contributed by atoms with Crippen molar-refractivity contribution in [3.05, 3.63) is 17.0 Å². The molecule has 0 bridgehead atoms. The molecule has 0 saturated carbocycles. The van der Waals surface area contributed by atoms with Crippen LogP contribution in [0.15, 0.2) is 0 Å². The van der Waals surface area contributed by atoms with Gasteiger partial charge >= 0.3 is 6.03 Å². The van der Waals surface area contributed by atoms with E-state index >= 15 is 0 Å². The van der Waals surface area contributed by atoms with Gasteiger partial charge in [-0.05, 0) is 59.9 Å². The normalized spacial score (nSPS) is 20.4. The van der Waals surface area contributed by atoms with Gasteiger partial charge in [0.15, 0.2) is 0 Å². The first-order chi connectivity index (χ1) is 11.6. The van der Waals surface area contributed by atoms with Gasteiger partial charge < -0.3 is 10.6 Å². The van der Waals surface area contributed by atoms with Gasteiger partial charge in [-0.2, -0.15) is 5.10 Å². The molecule has 2 N–H and O–H groups in total. The molecule has 1 aromatic heterocycles. The maximum absolute atomic E-state index is 12.4. The standard InChI is InChI=1S/C19H35N5O/c1-13-9-8-10-24(11-13)19(5,6)12-20-18(25)21-14(2)17-15(3)22-23(7)16(17)4/h13-14H,8-12H2,1-7H3,(H2,20,21,25)/t13-,14+/m1/s1. The largest absolute Gasteiger partial charge is 0.336 e. The number of hydrogen-bond donors (Lipinski definition) is 2. The summed E-state index contributed by atoms with van der Waals surface area (Å²) < 4.78 is 1.86. The summed E-state index contributed by atoms with van der Waals surface area (Å²) in [7, 11) is 1.93. The van der Waals surface area contributed by atoms with E-state index in [4.69, 9.17) is 0 Å². The van der Waals surface area contributed by atoms with Crippen molar-refractivity contribution in [3.63, 3.8) is 0 Å². The van der Waals surface area contributed by atoms with E-state index in [1.807, 2.05) is 32.5 Å². The molecular formula is C19H35N5O. The lowest BCUT2D eigenvalue weighted by Gasteiger charge is -2.43. The minimum Gasteiger partial charge on any atom is -0.336 e. The lowest BCUT2D eigenvalue weighted by atomic mass is 9.93. The second-order valence-corrected chi connectivity index (χ2v) is 8.26. The van der Waals surface area contributed by atoms with Crippen molar-refractivity contribution < 1.29 is 4.79 Å². The van der Waals surface area contributed by atoms with Crippen LogP contribution in [0.5, 0.6) is 0 Å². The number of amides is 2. The lowest BCUT2D eigenvalue weighted by Crippen LogP contribution is -2.55. The smallest absolute Gasteiger partial charge is 0.315 e. The van der Waals surface area contributed by atoms with Gasteiger partial charge in [-0.1, -0.05) is 6.92 Å². The Morgan fingerprint density at radius 2 is 2.08 bits per heavy atom. The second-order valence-electron chi connectivity index (χ2n) is 8.26. The fourth-order valence-corrected chi connectivity index (χ4v) is 3.88. The number of carbonyl (C=O) groups is 1. The summed E-state index contributed by atoms with van der Waals surface area (Å²) in [6, 6.07) is -0.180. The number of urea groups is 1. The van der Waals surface area contributed by atoms with E-state index in [0.717, 1.165) is 36.0 Å². The predicted molar refractivity (Wildman–Crippen MR) is 102 cm³/mol. The van der Waals surface area contributed by atoms with Crippen molar-refractivity contribution >= 4 is 6.03 Å². The van der Waals surface area contributed by atoms with Gasteiger partial charge in [-0.25, -0.2) is 4.79 Å². The Bertz CT molecular complexity index is 607. The van der Waals surface area contributed by atoms with Crippen LogP contribution in [0.2, 0.25) is 0 Å². The van der Waals surface area contributed by atoms with Gasteiger partial charge in [-0.3, -0.25) is 9.58 Å². The molecule has 2 amide bonds. The Hall–Kier alpha value is -1.56. The minimum absolute atomic E-state index is 0.0323. The fourth-order valence-electron chi connectivity index (χ4n) is 3.88. The van der Waals surface area contributed by atoms with E-state index in [-0.39, 0.29) is 17.6 Å². The van der Waals surface area contributed by atoms with Crippen molar-refractivity contribution in [3.8, 4) is 0 Å². The Morgan fingerprint density at radius 1 is 1.40 bits per heavy atom. The molecule has 2 heterocycles. The van der Waals surface area contributed by atoms with Gasteiger partial charge in [0.2, 0.25) is 0 Å². The van der Waals surface area contributed by atoms with E-state index in [2.05, 4.69) is 41.4 Å². The Balaban J connectivity index is 1.89. The molecule has 2 rings (SSSR count). The number of piperidine rings is 1. The third kappa shape index (κ3) is 4.75. The third-order valence-electron chi connectivity index (χ3n) is 5.54. The second kappa shape index (κ2) is 7.77. The summed E-state index contributed by atoms with van der Waals surface area (Å²) >= 11 is 0. The van der Waals surface area contributed by atoms with E-state index in [9.17, 15) is 4.79 Å². The molecule has 0 aromatic carbocycles. The van der Waals surface area contributed by atoms with Gasteiger partial charge in [0.1, 0.15) is 0 Å². The highest BCUT2D eigenvalue weighted by Crippen LogP contribution is 2.23. The van der Waals surface area contributed by atoms with Gasteiger partial charge in [-0.15, -0.1) is 0 Å². The molecule has 0 spiro atoms. The van der Waals surface area contributed by atoms with Crippen LogP contribution in [0.3, 0.4) is 0 Å². The van der Waals surface area contributed by atoms with Crippen LogP contribution in [-0.4, -0.2) is 45.9 Å². The number of rotatable bonds is 5. The van der Waals surface area contributed by atoms with E-state index in [1.54, 1.807) is 0 Å². The lowest BCUT2D eigenvalue weighted by molar-refractivity contribution is 0.0723. The van der Waals surface area contributed by atoms with Crippen LogP contribution in [0, 0.1) is 19.8 Å². The summed E-state index contributed by atoms with van der Waals surface area (Å²) in [6.45, 7) is 15.6. The molecule has 6 nitrogen and oxygen atoms in total. The molecular weight excluding hydrogens is 314 g/mol. The zero-order valence-corrected chi connectivity index (χ0v) is 16.9. The number of likely N-dealkylation sites (tertiary alicyclic amines) is 1. The maximum Gasteiger partial charge on any atom is 0.315 e. The number of carbonyl (C=O) groups excluding carboxylic acids is 1. The summed E-state index contributed by atoms with van der Waals surface area (Å²) in [5, 5.41) is 10.5. The zero-order chi connectivity index (χ0) is 18.8. The molecule has 6 heteroatoms. The van der Waals surface area contributed by atoms with Crippen LogP contribution in [0.1, 0.15) is 63.5 Å². The highest BCUT2D eigenvalue weighted by Gasteiger charge is 2.30. The topological polar surface area (TPSA) is 62.2 Å². The molecule has 1 fully saturated rings. The molecule has 0 unspecified atom stereocenters. The first-order valence-electron chi connectivity index (χ1n) is 9.41. The van der Waals surface area contributed by atoms with Gasteiger partial charge in [0.05, 0.1) is 11.7 Å². The number of aryl methyl sites for hydroxylation is 2. The van der Waals surface area contributed by atoms with Gasteiger partial charge in [0, 0.05) is 36.9 Å². The summed E-state index contributed by atoms with van der Waals surface area (Å²) in [6.07, 6.45) is 2.55. The molecule has 1 aromatic rings. The monoisotopic (exact) mass is 349 g/mol. The summed E-state index contributed by atoms with van der Waals surface area (Å²) in [5.74, 6) is 0.735. The third-order valence-corrected chi connectivity index (χ3v) is 5.54. The molecule has 1 aliphatic heterocycles. The molecule has 142 valence electrons. The van der Waals surface area contributed by atoms with Crippen LogP contribution in [0.4, 0.5) is 4.79 Å². The van der Waals surface area contributed by atoms with Crippen LogP contribution < -0.4 is 10.6 Å². The molecule has 0 aliphatic carbocycles. The number of hydrogen-bond acceptors (Lipinski definition) is 3. The summed E-state index contributed by atoms with van der Waals surface area (Å²) in [4.78, 5) is 14.9. The Morgan fingerprint density at radius 3 is 2.64 bits per heavy atom. The average molecular weight is 350 g/mol. The van der Waals surface area contributed by atoms with Crippen LogP contribution >= 0.6 is 0 Å². The Kier molecular flexibility index (Phi) is 6.14. The maximum atomic E-state index is 12.4. The average Bonchev–Trinajstić information content (AvgIpc) is 2.78. The fraction of sp³-hybridized carbons (Fsp3) is 0.789. The van der Waals surface area contributed by atoms with Crippen molar-refractivity contribution in [2.45, 2.75) is 66.0 Å². The zero-order valence-electron chi connectivity index (χ0n) is 16.9. The molecule has 2 atom stereocenters. The van der Waals surface area contributed by atoms with Gasteiger partial charge in [0.25, 0.3) is 0 Å². The molecule has 25 heavy (non-hydrogen) atoms. The van der Waals surface area contributed by atoms with Crippen LogP contribution in [-0.2, 0) is 7.05 Å². The van der Waals surface area contributed by atoms with E-state index in [0.29, 0.717) is 6.54 Å². The number of nitrogens with one attached hydrogen (secondary N) is 2. The van der Waals surface area contributed by atoms with Crippen molar-refractivity contribution in [2.75, 3.05) is 19.6 Å². The predicted octanol–water partition coefficient (Wildman–Crippen LogP) is 2.91. The molecule has 1 aliphatic rings. The quantitative estimate of drug-likeness (QED) is 0.859. The van der Waals surface area contributed by atoms with Crippen molar-refractivity contribution in [2.24, 2.45) is 13.0 Å². The van der Waals surface area contributed by atoms with Crippen LogP contribution in [0.25, 0.3) is 0 Å².